The monoisotopic (exact) mass is 491 g/mol. The Kier molecular flexibility index (Phi) is 6.64. The fourth-order valence-electron chi connectivity index (χ4n) is 4.45. The van der Waals surface area contributed by atoms with E-state index in [-0.39, 0.29) is 23.1 Å². The number of carbonyl (C=O) groups is 1. The first-order chi connectivity index (χ1) is 14.5. The molecule has 9 heteroatoms. The minimum atomic E-state index is -0.869. The van der Waals surface area contributed by atoms with Gasteiger partial charge < -0.3 is 24.8 Å². The largest absolute Gasteiger partial charge is 0.465 e. The molecule has 3 heterocycles. The van der Waals surface area contributed by atoms with Gasteiger partial charge in [0, 0.05) is 36.8 Å². The number of aryl methyl sites for hydroxylation is 1. The van der Waals surface area contributed by atoms with Gasteiger partial charge in [0.1, 0.15) is 11.5 Å². The molecule has 8 nitrogen and oxygen atoms in total. The van der Waals surface area contributed by atoms with Crippen molar-refractivity contribution < 1.29 is 9.90 Å². The van der Waals surface area contributed by atoms with E-state index < -0.39 is 6.09 Å². The number of piperazine rings is 1. The third-order valence-corrected chi connectivity index (χ3v) is 6.16. The number of hydrogen-bond donors (Lipinski definition) is 2. The molecule has 1 aliphatic rings. The van der Waals surface area contributed by atoms with Crippen LogP contribution in [0.1, 0.15) is 34.1 Å². The molecule has 1 fully saturated rings. The van der Waals surface area contributed by atoms with E-state index in [1.165, 1.54) is 4.57 Å². The average molecular weight is 492 g/mol. The number of carboxylic acid groups (broad SMARTS) is 1. The molecule has 0 saturated carbocycles. The fraction of sp³-hybridized carbons (Fsp3) is 0.500. The first-order valence-electron chi connectivity index (χ1n) is 10.4. The third-order valence-electron chi connectivity index (χ3n) is 5.73. The second kappa shape index (κ2) is 8.90. The maximum atomic E-state index is 12.3. The number of nitrogens with one attached hydrogen (secondary N) is 1. The molecule has 0 aliphatic carbocycles. The highest BCUT2D eigenvalue weighted by atomic mass is 79.9. The Labute approximate surface area is 191 Å². The van der Waals surface area contributed by atoms with Gasteiger partial charge in [-0.05, 0) is 46.0 Å². The summed E-state index contributed by atoms with van der Waals surface area (Å²) in [6.45, 7) is 9.41. The standard InChI is InChI=1S/C22H30BrN5O3/c1-6-17-19(22(2,3)4)28(21(30)31)10-9-27(17)15-7-8-18(24-12-15)25-16-11-14(23)13-26(5)20(16)29/h7-8,11-13,17,19H,6,9-10H2,1-5H3,(H,24,25)(H,30,31)/t17?,19-/m1/s1. The first-order valence-corrected chi connectivity index (χ1v) is 11.2. The van der Waals surface area contributed by atoms with E-state index in [2.05, 4.69) is 58.8 Å². The van der Waals surface area contributed by atoms with E-state index in [0.29, 0.717) is 24.6 Å². The second-order valence-corrected chi connectivity index (χ2v) is 9.89. The Balaban J connectivity index is 1.86. The summed E-state index contributed by atoms with van der Waals surface area (Å²) in [5.41, 5.74) is 1.04. The minimum Gasteiger partial charge on any atom is -0.465 e. The van der Waals surface area contributed by atoms with E-state index in [0.717, 1.165) is 16.6 Å². The zero-order chi connectivity index (χ0) is 22.9. The lowest BCUT2D eigenvalue weighted by atomic mass is 9.78. The summed E-state index contributed by atoms with van der Waals surface area (Å²) < 4.78 is 2.30. The molecule has 1 unspecified atom stereocenters. The lowest BCUT2D eigenvalue weighted by Gasteiger charge is -2.52. The van der Waals surface area contributed by atoms with Gasteiger partial charge in [0.2, 0.25) is 0 Å². The van der Waals surface area contributed by atoms with Gasteiger partial charge in [0.15, 0.2) is 0 Å². The topological polar surface area (TPSA) is 90.7 Å². The second-order valence-electron chi connectivity index (χ2n) is 8.97. The lowest BCUT2D eigenvalue weighted by molar-refractivity contribution is 0.0517. The Morgan fingerprint density at radius 3 is 2.58 bits per heavy atom. The minimum absolute atomic E-state index is 0.0443. The number of pyridine rings is 2. The van der Waals surface area contributed by atoms with Gasteiger partial charge >= 0.3 is 6.09 Å². The highest BCUT2D eigenvalue weighted by Gasteiger charge is 2.44. The molecular formula is C22H30BrN5O3. The number of rotatable bonds is 4. The van der Waals surface area contributed by atoms with Crippen molar-refractivity contribution in [3.63, 3.8) is 0 Å². The molecule has 0 radical (unpaired) electrons. The Morgan fingerprint density at radius 1 is 1.32 bits per heavy atom. The van der Waals surface area contributed by atoms with Crippen LogP contribution in [0.2, 0.25) is 0 Å². The molecule has 168 valence electrons. The van der Waals surface area contributed by atoms with Crippen molar-refractivity contribution in [1.82, 2.24) is 14.5 Å². The molecule has 1 aliphatic heterocycles. The van der Waals surface area contributed by atoms with Gasteiger partial charge in [0.25, 0.3) is 5.56 Å². The van der Waals surface area contributed by atoms with Crippen LogP contribution >= 0.6 is 15.9 Å². The number of nitrogens with zero attached hydrogens (tertiary/aromatic N) is 4. The number of halogens is 1. The summed E-state index contributed by atoms with van der Waals surface area (Å²) in [5, 5.41) is 12.8. The third kappa shape index (κ3) is 4.87. The normalized spacial score (nSPS) is 19.4. The highest BCUT2D eigenvalue weighted by molar-refractivity contribution is 9.10. The zero-order valence-electron chi connectivity index (χ0n) is 18.6. The molecule has 2 aromatic heterocycles. The first kappa shape index (κ1) is 23.1. The van der Waals surface area contributed by atoms with Gasteiger partial charge in [-0.1, -0.05) is 27.7 Å². The van der Waals surface area contributed by atoms with E-state index in [1.807, 2.05) is 12.1 Å². The van der Waals surface area contributed by atoms with Crippen molar-refractivity contribution >= 4 is 39.2 Å². The van der Waals surface area contributed by atoms with Crippen LogP contribution in [-0.4, -0.2) is 50.8 Å². The smallest absolute Gasteiger partial charge is 0.407 e. The number of hydrogen-bond acceptors (Lipinski definition) is 5. The number of aromatic nitrogens is 2. The molecule has 3 rings (SSSR count). The molecular weight excluding hydrogens is 462 g/mol. The van der Waals surface area contributed by atoms with Crippen LogP contribution in [0.4, 0.5) is 22.0 Å². The molecule has 2 atom stereocenters. The highest BCUT2D eigenvalue weighted by Crippen LogP contribution is 2.36. The van der Waals surface area contributed by atoms with Gasteiger partial charge in [0.05, 0.1) is 17.9 Å². The van der Waals surface area contributed by atoms with E-state index in [1.54, 1.807) is 30.4 Å². The van der Waals surface area contributed by atoms with Crippen molar-refractivity contribution in [1.29, 1.82) is 0 Å². The quantitative estimate of drug-likeness (QED) is 0.662. The van der Waals surface area contributed by atoms with Crippen LogP contribution in [0.5, 0.6) is 0 Å². The van der Waals surface area contributed by atoms with Crippen molar-refractivity contribution in [3.8, 4) is 0 Å². The van der Waals surface area contributed by atoms with E-state index in [4.69, 9.17) is 0 Å². The summed E-state index contributed by atoms with van der Waals surface area (Å²) in [7, 11) is 1.70. The summed E-state index contributed by atoms with van der Waals surface area (Å²) in [6, 6.07) is 5.45. The molecule has 0 bridgehead atoms. The zero-order valence-corrected chi connectivity index (χ0v) is 20.2. The Hall–Kier alpha value is -2.55. The van der Waals surface area contributed by atoms with Crippen LogP contribution in [0.25, 0.3) is 0 Å². The lowest BCUT2D eigenvalue weighted by Crippen LogP contribution is -2.65. The van der Waals surface area contributed by atoms with E-state index in [9.17, 15) is 14.7 Å². The summed E-state index contributed by atoms with van der Waals surface area (Å²) in [4.78, 5) is 32.5. The Bertz CT molecular complexity index is 1000. The van der Waals surface area contributed by atoms with Crippen molar-refractivity contribution in [2.45, 2.75) is 46.2 Å². The average Bonchev–Trinajstić information content (AvgIpc) is 2.70. The Morgan fingerprint density at radius 2 is 2.03 bits per heavy atom. The van der Waals surface area contributed by atoms with Crippen molar-refractivity contribution in [2.75, 3.05) is 23.3 Å². The molecule has 31 heavy (non-hydrogen) atoms. The maximum absolute atomic E-state index is 12.3. The summed E-state index contributed by atoms with van der Waals surface area (Å²) >= 11 is 3.40. The van der Waals surface area contributed by atoms with Gasteiger partial charge in [-0.2, -0.15) is 0 Å². The number of amides is 1. The summed E-state index contributed by atoms with van der Waals surface area (Å²) in [6.07, 6.45) is 3.44. The fourth-order valence-corrected chi connectivity index (χ4v) is 4.99. The van der Waals surface area contributed by atoms with Crippen LogP contribution in [0, 0.1) is 5.41 Å². The van der Waals surface area contributed by atoms with Crippen LogP contribution < -0.4 is 15.8 Å². The molecule has 2 aromatic rings. The maximum Gasteiger partial charge on any atom is 0.407 e. The summed E-state index contributed by atoms with van der Waals surface area (Å²) in [5.74, 6) is 0.573. The molecule has 1 amide bonds. The van der Waals surface area contributed by atoms with Gasteiger partial charge in [-0.15, -0.1) is 0 Å². The van der Waals surface area contributed by atoms with Gasteiger partial charge in [-0.3, -0.25) is 4.79 Å². The van der Waals surface area contributed by atoms with E-state index >= 15 is 0 Å². The molecule has 1 saturated heterocycles. The predicted molar refractivity (Wildman–Crippen MR) is 126 cm³/mol. The van der Waals surface area contributed by atoms with Crippen molar-refractivity contribution in [3.05, 3.63) is 45.4 Å². The van der Waals surface area contributed by atoms with Crippen LogP contribution in [-0.2, 0) is 7.05 Å². The molecule has 0 spiro atoms. The van der Waals surface area contributed by atoms with Gasteiger partial charge in [-0.25, -0.2) is 9.78 Å². The van der Waals surface area contributed by atoms with Crippen molar-refractivity contribution in [2.24, 2.45) is 12.5 Å². The van der Waals surface area contributed by atoms with Crippen LogP contribution in [0.3, 0.4) is 0 Å². The van der Waals surface area contributed by atoms with Crippen LogP contribution in [0.15, 0.2) is 39.9 Å². The molecule has 2 N–H and O–H groups in total. The predicted octanol–water partition coefficient (Wildman–Crippen LogP) is 4.28. The number of anilines is 3. The SMILES string of the molecule is CCC1[C@H](C(C)(C)C)N(C(=O)O)CCN1c1ccc(Nc2cc(Br)cn(C)c2=O)nc1. The molecule has 0 aromatic carbocycles.